The Morgan fingerprint density at radius 1 is 1.57 bits per heavy atom. The van der Waals surface area contributed by atoms with Crippen LogP contribution in [0, 0.1) is 6.92 Å². The summed E-state index contributed by atoms with van der Waals surface area (Å²) in [6.07, 6.45) is 0. The van der Waals surface area contributed by atoms with Crippen molar-refractivity contribution in [1.82, 2.24) is 5.32 Å². The number of carbonyl (C=O) groups is 1. The van der Waals surface area contributed by atoms with E-state index in [1.165, 1.54) is 0 Å². The summed E-state index contributed by atoms with van der Waals surface area (Å²) in [4.78, 5) is 11.5. The lowest BCUT2D eigenvalue weighted by Gasteiger charge is -2.22. The highest BCUT2D eigenvalue weighted by Gasteiger charge is 2.21. The number of aliphatic hydroxyl groups is 1. The fourth-order valence-electron chi connectivity index (χ4n) is 0.965. The van der Waals surface area contributed by atoms with E-state index in [0.717, 1.165) is 0 Å². The summed E-state index contributed by atoms with van der Waals surface area (Å²) in [5, 5.41) is 11.6. The Hall–Kier alpha value is -1.29. The summed E-state index contributed by atoms with van der Waals surface area (Å²) in [6, 6.07) is 3.33. The molecular weight excluding hydrogens is 182 g/mol. The van der Waals surface area contributed by atoms with Crippen molar-refractivity contribution in [1.29, 1.82) is 0 Å². The molecule has 0 saturated carbocycles. The average Bonchev–Trinajstić information content (AvgIpc) is 2.51. The molecule has 1 rings (SSSR count). The molecule has 1 amide bonds. The second-order valence-electron chi connectivity index (χ2n) is 3.91. The zero-order valence-electron chi connectivity index (χ0n) is 8.63. The molecule has 0 aliphatic carbocycles. The fourth-order valence-corrected chi connectivity index (χ4v) is 0.965. The van der Waals surface area contributed by atoms with E-state index in [4.69, 9.17) is 9.52 Å². The lowest BCUT2D eigenvalue weighted by Crippen LogP contribution is -2.46. The fraction of sp³-hybridized carbons (Fsp3) is 0.500. The van der Waals surface area contributed by atoms with Crippen LogP contribution in [0.25, 0.3) is 0 Å². The van der Waals surface area contributed by atoms with Gasteiger partial charge in [-0.3, -0.25) is 4.79 Å². The minimum Gasteiger partial charge on any atom is -0.456 e. The molecule has 4 heteroatoms. The van der Waals surface area contributed by atoms with Gasteiger partial charge in [0.1, 0.15) is 5.76 Å². The molecule has 0 saturated heterocycles. The largest absolute Gasteiger partial charge is 0.456 e. The first kappa shape index (κ1) is 10.8. The van der Waals surface area contributed by atoms with Gasteiger partial charge in [0.2, 0.25) is 0 Å². The van der Waals surface area contributed by atoms with Crippen LogP contribution in [0.15, 0.2) is 16.5 Å². The van der Waals surface area contributed by atoms with Crippen molar-refractivity contribution < 1.29 is 14.3 Å². The van der Waals surface area contributed by atoms with E-state index in [1.54, 1.807) is 32.9 Å². The average molecular weight is 197 g/mol. The van der Waals surface area contributed by atoms with Gasteiger partial charge in [-0.05, 0) is 32.9 Å². The van der Waals surface area contributed by atoms with Crippen LogP contribution in [0.1, 0.15) is 30.2 Å². The van der Waals surface area contributed by atoms with Gasteiger partial charge in [-0.2, -0.15) is 0 Å². The SMILES string of the molecule is Cc1ccc(C(=O)NC(C)(C)CO)o1. The van der Waals surface area contributed by atoms with Gasteiger partial charge in [-0.25, -0.2) is 0 Å². The van der Waals surface area contributed by atoms with Crippen LogP contribution in [0.2, 0.25) is 0 Å². The van der Waals surface area contributed by atoms with Crippen LogP contribution in [0.3, 0.4) is 0 Å². The minimum absolute atomic E-state index is 0.113. The summed E-state index contributed by atoms with van der Waals surface area (Å²) in [6.45, 7) is 5.13. The van der Waals surface area contributed by atoms with Gasteiger partial charge in [0.25, 0.3) is 5.91 Å². The Kier molecular flexibility index (Phi) is 2.96. The Morgan fingerprint density at radius 2 is 2.21 bits per heavy atom. The molecule has 2 N–H and O–H groups in total. The predicted molar refractivity (Wildman–Crippen MR) is 52.1 cm³/mol. The summed E-state index contributed by atoms with van der Waals surface area (Å²) in [5.74, 6) is 0.651. The Balaban J connectivity index is 2.68. The van der Waals surface area contributed by atoms with Crippen molar-refractivity contribution in [2.75, 3.05) is 6.61 Å². The van der Waals surface area contributed by atoms with E-state index in [9.17, 15) is 4.79 Å². The normalized spacial score (nSPS) is 11.4. The smallest absolute Gasteiger partial charge is 0.287 e. The van der Waals surface area contributed by atoms with Crippen molar-refractivity contribution in [3.63, 3.8) is 0 Å². The molecule has 0 fully saturated rings. The molecule has 0 unspecified atom stereocenters. The molecule has 1 aromatic rings. The third-order valence-corrected chi connectivity index (χ3v) is 1.81. The Labute approximate surface area is 82.9 Å². The topological polar surface area (TPSA) is 62.5 Å². The van der Waals surface area contributed by atoms with Gasteiger partial charge >= 0.3 is 0 Å². The third kappa shape index (κ3) is 2.60. The molecule has 1 heterocycles. The maximum Gasteiger partial charge on any atom is 0.287 e. The summed E-state index contributed by atoms with van der Waals surface area (Å²) in [7, 11) is 0. The van der Waals surface area contributed by atoms with Crippen LogP contribution in [-0.2, 0) is 0 Å². The number of amides is 1. The van der Waals surface area contributed by atoms with E-state index in [2.05, 4.69) is 5.32 Å². The number of hydrogen-bond acceptors (Lipinski definition) is 3. The Bertz CT molecular complexity index is 328. The molecular formula is C10H15NO3. The molecule has 1 aromatic heterocycles. The van der Waals surface area contributed by atoms with Gasteiger partial charge in [0.15, 0.2) is 5.76 Å². The van der Waals surface area contributed by atoms with Gasteiger partial charge < -0.3 is 14.8 Å². The van der Waals surface area contributed by atoms with Crippen LogP contribution >= 0.6 is 0 Å². The summed E-state index contributed by atoms with van der Waals surface area (Å²) >= 11 is 0. The van der Waals surface area contributed by atoms with E-state index < -0.39 is 5.54 Å². The molecule has 4 nitrogen and oxygen atoms in total. The number of hydrogen-bond donors (Lipinski definition) is 2. The van der Waals surface area contributed by atoms with E-state index in [-0.39, 0.29) is 18.3 Å². The molecule has 0 radical (unpaired) electrons. The van der Waals surface area contributed by atoms with Crippen molar-refractivity contribution >= 4 is 5.91 Å². The van der Waals surface area contributed by atoms with Gasteiger partial charge in [-0.1, -0.05) is 0 Å². The third-order valence-electron chi connectivity index (χ3n) is 1.81. The molecule has 0 aliphatic rings. The first-order valence-corrected chi connectivity index (χ1v) is 4.44. The monoisotopic (exact) mass is 197 g/mol. The van der Waals surface area contributed by atoms with Crippen LogP contribution in [0.5, 0.6) is 0 Å². The van der Waals surface area contributed by atoms with Gasteiger partial charge in [0, 0.05) is 0 Å². The van der Waals surface area contributed by atoms with Crippen molar-refractivity contribution in [3.05, 3.63) is 23.7 Å². The molecule has 0 bridgehead atoms. The maximum atomic E-state index is 11.5. The lowest BCUT2D eigenvalue weighted by molar-refractivity contribution is 0.0840. The summed E-state index contributed by atoms with van der Waals surface area (Å²) < 4.78 is 5.14. The number of carbonyl (C=O) groups excluding carboxylic acids is 1. The van der Waals surface area contributed by atoms with Crippen molar-refractivity contribution in [3.8, 4) is 0 Å². The van der Waals surface area contributed by atoms with E-state index in [0.29, 0.717) is 5.76 Å². The number of furan rings is 1. The second kappa shape index (κ2) is 3.84. The van der Waals surface area contributed by atoms with Crippen LogP contribution < -0.4 is 5.32 Å². The molecule has 0 spiro atoms. The van der Waals surface area contributed by atoms with Crippen LogP contribution in [0.4, 0.5) is 0 Å². The second-order valence-corrected chi connectivity index (χ2v) is 3.91. The highest BCUT2D eigenvalue weighted by molar-refractivity contribution is 5.91. The number of aliphatic hydroxyl groups excluding tert-OH is 1. The highest BCUT2D eigenvalue weighted by atomic mass is 16.3. The van der Waals surface area contributed by atoms with Crippen LogP contribution in [-0.4, -0.2) is 23.2 Å². The first-order chi connectivity index (χ1) is 6.44. The minimum atomic E-state index is -0.627. The van der Waals surface area contributed by atoms with Gasteiger partial charge in [-0.15, -0.1) is 0 Å². The molecule has 78 valence electrons. The van der Waals surface area contributed by atoms with Crippen molar-refractivity contribution in [2.24, 2.45) is 0 Å². The zero-order chi connectivity index (χ0) is 10.8. The summed E-state index contributed by atoms with van der Waals surface area (Å²) in [5.41, 5.74) is -0.627. The molecule has 14 heavy (non-hydrogen) atoms. The highest BCUT2D eigenvalue weighted by Crippen LogP contribution is 2.08. The van der Waals surface area contributed by atoms with E-state index in [1.807, 2.05) is 0 Å². The molecule has 0 atom stereocenters. The van der Waals surface area contributed by atoms with Crippen molar-refractivity contribution in [2.45, 2.75) is 26.3 Å². The van der Waals surface area contributed by atoms with E-state index >= 15 is 0 Å². The molecule has 0 aliphatic heterocycles. The maximum absolute atomic E-state index is 11.5. The van der Waals surface area contributed by atoms with Gasteiger partial charge in [0.05, 0.1) is 12.1 Å². The number of aryl methyl sites for hydroxylation is 1. The number of nitrogens with one attached hydrogen (secondary N) is 1. The Morgan fingerprint density at radius 3 is 2.64 bits per heavy atom. The quantitative estimate of drug-likeness (QED) is 0.762. The lowest BCUT2D eigenvalue weighted by atomic mass is 10.1. The standard InChI is InChI=1S/C10H15NO3/c1-7-4-5-8(14-7)9(13)11-10(2,3)6-12/h4-5,12H,6H2,1-3H3,(H,11,13). The zero-order valence-corrected chi connectivity index (χ0v) is 8.63. The predicted octanol–water partition coefficient (Wildman–Crippen LogP) is 1.09. The first-order valence-electron chi connectivity index (χ1n) is 4.44. The number of rotatable bonds is 3. The molecule has 0 aromatic carbocycles.